The zero-order chi connectivity index (χ0) is 28.9. The zero-order valence-electron chi connectivity index (χ0n) is 23.7. The maximum absolute atomic E-state index is 13.6. The van der Waals surface area contributed by atoms with Crippen LogP contribution in [0.2, 0.25) is 0 Å². The average Bonchev–Trinajstić information content (AvgIpc) is 2.87. The lowest BCUT2D eigenvalue weighted by Gasteiger charge is -2.36. The van der Waals surface area contributed by atoms with Crippen molar-refractivity contribution < 1.29 is 27.5 Å². The summed E-state index contributed by atoms with van der Waals surface area (Å²) in [6.07, 6.45) is -0.340. The first-order valence-corrected chi connectivity index (χ1v) is 14.5. The highest BCUT2D eigenvalue weighted by molar-refractivity contribution is 7.92. The van der Waals surface area contributed by atoms with E-state index in [-0.39, 0.29) is 65.3 Å². The molecule has 1 aliphatic heterocycles. The number of sulfonamides is 1. The molecule has 1 heterocycles. The van der Waals surface area contributed by atoms with Gasteiger partial charge in [0.1, 0.15) is 12.4 Å². The van der Waals surface area contributed by atoms with Crippen LogP contribution in [0, 0.1) is 12.8 Å². The van der Waals surface area contributed by atoms with Crippen molar-refractivity contribution in [1.82, 2.24) is 15.1 Å². The summed E-state index contributed by atoms with van der Waals surface area (Å²) in [5, 5.41) is 2.95. The summed E-state index contributed by atoms with van der Waals surface area (Å²) in [5.41, 5.74) is 1.38. The van der Waals surface area contributed by atoms with Crippen molar-refractivity contribution in [2.75, 3.05) is 38.6 Å². The van der Waals surface area contributed by atoms with Crippen molar-refractivity contribution in [2.24, 2.45) is 5.92 Å². The van der Waals surface area contributed by atoms with E-state index in [1.54, 1.807) is 43.3 Å². The number of carbonyl (C=O) groups excluding carboxylic acids is 2. The van der Waals surface area contributed by atoms with Gasteiger partial charge in [-0.2, -0.15) is 0 Å². The van der Waals surface area contributed by atoms with Gasteiger partial charge in [0.05, 0.1) is 22.6 Å². The standard InChI is InChI=1S/C28H40N4O6S/c1-18(2)29-28(34)32-15-20(4)26(37-7)16-31(6)27(33)24-14-22(10-13-25(24)38-17-21(32)5)30-39(35,36)23-11-8-19(3)9-12-23/h8-14,18,20-21,26,30H,15-17H2,1-7H3,(H,29,34)/t20-,21+,26+/m1/s1. The Hall–Kier alpha value is -3.31. The summed E-state index contributed by atoms with van der Waals surface area (Å²) in [5.74, 6) is -0.126. The quantitative estimate of drug-likeness (QED) is 0.576. The van der Waals surface area contributed by atoms with Gasteiger partial charge in [0.15, 0.2) is 0 Å². The molecule has 3 atom stereocenters. The van der Waals surface area contributed by atoms with Crippen LogP contribution in [0.1, 0.15) is 43.6 Å². The van der Waals surface area contributed by atoms with Gasteiger partial charge >= 0.3 is 6.03 Å². The van der Waals surface area contributed by atoms with Crippen LogP contribution >= 0.6 is 0 Å². The number of rotatable bonds is 5. The van der Waals surface area contributed by atoms with E-state index in [2.05, 4.69) is 10.0 Å². The molecule has 2 aromatic rings. The third-order valence-electron chi connectivity index (χ3n) is 6.70. The predicted molar refractivity (Wildman–Crippen MR) is 151 cm³/mol. The highest BCUT2D eigenvalue weighted by atomic mass is 32.2. The molecule has 0 bridgehead atoms. The van der Waals surface area contributed by atoms with Crippen molar-refractivity contribution in [3.63, 3.8) is 0 Å². The topological polar surface area (TPSA) is 117 Å². The Bertz CT molecular complexity index is 1270. The predicted octanol–water partition coefficient (Wildman–Crippen LogP) is 3.72. The number of methoxy groups -OCH3 is 1. The second-order valence-corrected chi connectivity index (χ2v) is 12.2. The highest BCUT2D eigenvalue weighted by Crippen LogP contribution is 2.28. The van der Waals surface area contributed by atoms with E-state index in [9.17, 15) is 18.0 Å². The molecule has 0 saturated carbocycles. The van der Waals surface area contributed by atoms with Gasteiger partial charge in [-0.05, 0) is 58.0 Å². The lowest BCUT2D eigenvalue weighted by Crippen LogP contribution is -2.52. The summed E-state index contributed by atoms with van der Waals surface area (Å²) in [4.78, 5) is 30.0. The van der Waals surface area contributed by atoms with E-state index in [1.165, 1.54) is 23.1 Å². The van der Waals surface area contributed by atoms with Gasteiger partial charge in [-0.15, -0.1) is 0 Å². The van der Waals surface area contributed by atoms with Crippen LogP contribution in [0.25, 0.3) is 0 Å². The summed E-state index contributed by atoms with van der Waals surface area (Å²) in [6, 6.07) is 10.5. The van der Waals surface area contributed by atoms with Crippen molar-refractivity contribution in [2.45, 2.75) is 57.7 Å². The number of ether oxygens (including phenoxy) is 2. The molecule has 0 saturated heterocycles. The van der Waals surface area contributed by atoms with E-state index in [0.29, 0.717) is 12.3 Å². The first-order valence-electron chi connectivity index (χ1n) is 13.0. The molecule has 0 radical (unpaired) electrons. The second-order valence-electron chi connectivity index (χ2n) is 10.5. The van der Waals surface area contributed by atoms with E-state index in [0.717, 1.165) is 5.56 Å². The number of carbonyl (C=O) groups is 2. The number of aryl methyl sites for hydroxylation is 1. The highest BCUT2D eigenvalue weighted by Gasteiger charge is 2.31. The Labute approximate surface area is 231 Å². The van der Waals surface area contributed by atoms with Crippen molar-refractivity contribution in [3.8, 4) is 5.75 Å². The van der Waals surface area contributed by atoms with E-state index >= 15 is 0 Å². The SMILES string of the molecule is CO[C@H]1CN(C)C(=O)c2cc(NS(=O)(=O)c3ccc(C)cc3)ccc2OC[C@H](C)N(C(=O)NC(C)C)C[C@H]1C. The van der Waals surface area contributed by atoms with Crippen LogP contribution in [0.15, 0.2) is 47.4 Å². The average molecular weight is 561 g/mol. The molecular weight excluding hydrogens is 520 g/mol. The van der Waals surface area contributed by atoms with Gasteiger partial charge in [-0.3, -0.25) is 9.52 Å². The third kappa shape index (κ3) is 7.63. The molecule has 0 unspecified atom stereocenters. The minimum Gasteiger partial charge on any atom is -0.491 e. The summed E-state index contributed by atoms with van der Waals surface area (Å²) >= 11 is 0. The molecule has 3 amide bonds. The molecule has 10 nitrogen and oxygen atoms in total. The maximum Gasteiger partial charge on any atom is 0.317 e. The molecule has 11 heteroatoms. The Balaban J connectivity index is 1.97. The second kappa shape index (κ2) is 12.7. The number of hydrogen-bond donors (Lipinski definition) is 2. The minimum absolute atomic E-state index is 0.0351. The first-order chi connectivity index (χ1) is 18.3. The number of urea groups is 1. The van der Waals surface area contributed by atoms with Crippen LogP contribution in [-0.2, 0) is 14.8 Å². The normalized spacial score (nSPS) is 20.9. The molecule has 1 aliphatic rings. The smallest absolute Gasteiger partial charge is 0.317 e. The van der Waals surface area contributed by atoms with Gasteiger partial charge in [0, 0.05) is 44.9 Å². The van der Waals surface area contributed by atoms with Crippen molar-refractivity contribution in [3.05, 3.63) is 53.6 Å². The Morgan fingerprint density at radius 2 is 1.77 bits per heavy atom. The Kier molecular flexibility index (Phi) is 9.84. The number of fused-ring (bicyclic) bond motifs is 1. The van der Waals surface area contributed by atoms with Gasteiger partial charge in [0.25, 0.3) is 15.9 Å². The number of amides is 3. The van der Waals surface area contributed by atoms with E-state index in [1.807, 2.05) is 34.6 Å². The summed E-state index contributed by atoms with van der Waals surface area (Å²) < 4.78 is 40.3. The maximum atomic E-state index is 13.6. The number of anilines is 1. The third-order valence-corrected chi connectivity index (χ3v) is 8.10. The van der Waals surface area contributed by atoms with Crippen molar-refractivity contribution in [1.29, 1.82) is 0 Å². The van der Waals surface area contributed by atoms with Gasteiger partial charge in [-0.1, -0.05) is 24.6 Å². The van der Waals surface area contributed by atoms with Gasteiger partial charge in [-0.25, -0.2) is 13.2 Å². The van der Waals surface area contributed by atoms with Gasteiger partial charge in [0.2, 0.25) is 0 Å². The number of benzene rings is 2. The van der Waals surface area contributed by atoms with E-state index < -0.39 is 10.0 Å². The lowest BCUT2D eigenvalue weighted by atomic mass is 10.0. The largest absolute Gasteiger partial charge is 0.491 e. The molecule has 2 N–H and O–H groups in total. The fraction of sp³-hybridized carbons (Fsp3) is 0.500. The van der Waals surface area contributed by atoms with Gasteiger partial charge < -0.3 is 24.6 Å². The van der Waals surface area contributed by atoms with Crippen LogP contribution in [0.5, 0.6) is 5.75 Å². The molecule has 0 fully saturated rings. The zero-order valence-corrected chi connectivity index (χ0v) is 24.5. The Morgan fingerprint density at radius 3 is 2.38 bits per heavy atom. The molecule has 39 heavy (non-hydrogen) atoms. The number of likely N-dealkylation sites (N-methyl/N-ethyl adjacent to an activating group) is 1. The Morgan fingerprint density at radius 1 is 1.10 bits per heavy atom. The molecule has 0 aromatic heterocycles. The van der Waals surface area contributed by atoms with Crippen LogP contribution in [-0.4, -0.2) is 82.2 Å². The summed E-state index contributed by atoms with van der Waals surface area (Å²) in [7, 11) is -0.626. The lowest BCUT2D eigenvalue weighted by molar-refractivity contribution is 0.0165. The molecule has 3 rings (SSSR count). The number of hydrogen-bond acceptors (Lipinski definition) is 6. The fourth-order valence-corrected chi connectivity index (χ4v) is 5.43. The van der Waals surface area contributed by atoms with Crippen LogP contribution in [0.4, 0.5) is 10.5 Å². The molecule has 0 aliphatic carbocycles. The first kappa shape index (κ1) is 30.2. The van der Waals surface area contributed by atoms with Crippen LogP contribution < -0.4 is 14.8 Å². The molecule has 2 aromatic carbocycles. The van der Waals surface area contributed by atoms with E-state index in [4.69, 9.17) is 9.47 Å². The molecule has 214 valence electrons. The number of nitrogens with one attached hydrogen (secondary N) is 2. The monoisotopic (exact) mass is 560 g/mol. The fourth-order valence-electron chi connectivity index (χ4n) is 4.38. The van der Waals surface area contributed by atoms with Crippen molar-refractivity contribution >= 4 is 27.6 Å². The molecular formula is C28H40N4O6S. The van der Waals surface area contributed by atoms with Crippen LogP contribution in [0.3, 0.4) is 0 Å². The number of nitrogens with zero attached hydrogens (tertiary/aromatic N) is 2. The molecule has 0 spiro atoms. The summed E-state index contributed by atoms with van der Waals surface area (Å²) in [6.45, 7) is 10.4. The minimum atomic E-state index is -3.87.